The van der Waals surface area contributed by atoms with Gasteiger partial charge in [-0.1, -0.05) is 30.3 Å². The minimum Gasteiger partial charge on any atom is -0.550 e. The summed E-state index contributed by atoms with van der Waals surface area (Å²) in [7, 11) is 0. The molecule has 0 saturated heterocycles. The molecule has 0 fully saturated rings. The lowest BCUT2D eigenvalue weighted by Crippen LogP contribution is -2.32. The predicted octanol–water partition coefficient (Wildman–Crippen LogP) is 1.31. The van der Waals surface area contributed by atoms with Crippen molar-refractivity contribution in [3.63, 3.8) is 0 Å². The number of aryl methyl sites for hydroxylation is 1. The molecule has 0 radical (unpaired) electrons. The lowest BCUT2D eigenvalue weighted by atomic mass is 10.0. The zero-order valence-corrected chi connectivity index (χ0v) is 9.45. The fraction of sp³-hybridized carbons (Fsp3) is 0.417. The van der Waals surface area contributed by atoms with E-state index in [-0.39, 0.29) is 0 Å². The lowest BCUT2D eigenvalue weighted by Gasteiger charge is -2.14. The Bertz CT molecular complexity index is 298. The van der Waals surface area contributed by atoms with E-state index in [0.29, 0.717) is 12.2 Å². The van der Waals surface area contributed by atoms with Crippen molar-refractivity contribution in [2.24, 2.45) is 5.92 Å². The molecule has 3 heteroatoms. The third-order valence-corrected chi connectivity index (χ3v) is 2.86. The molecule has 0 aliphatic carbocycles. The van der Waals surface area contributed by atoms with Crippen LogP contribution in [-0.4, -0.2) is 11.7 Å². The van der Waals surface area contributed by atoms with Crippen molar-refractivity contribution in [3.8, 4) is 0 Å². The third kappa shape index (κ3) is 4.38. The molecule has 82 valence electrons. The van der Waals surface area contributed by atoms with E-state index in [4.69, 9.17) is 0 Å². The van der Waals surface area contributed by atoms with Gasteiger partial charge in [0.2, 0.25) is 0 Å². The van der Waals surface area contributed by atoms with Crippen molar-refractivity contribution < 1.29 is 9.90 Å². The highest BCUT2D eigenvalue weighted by Crippen LogP contribution is 2.11. The number of hydrogen-bond acceptors (Lipinski definition) is 3. The molecule has 1 aromatic rings. The van der Waals surface area contributed by atoms with E-state index in [1.807, 2.05) is 18.2 Å². The van der Waals surface area contributed by atoms with Crippen LogP contribution in [0.25, 0.3) is 0 Å². The topological polar surface area (TPSA) is 40.1 Å². The van der Waals surface area contributed by atoms with Gasteiger partial charge in [-0.2, -0.15) is 12.6 Å². The van der Waals surface area contributed by atoms with Gasteiger partial charge in [-0.15, -0.1) is 0 Å². The van der Waals surface area contributed by atoms with Crippen LogP contribution in [0.2, 0.25) is 0 Å². The monoisotopic (exact) mass is 223 g/mol. The van der Waals surface area contributed by atoms with Gasteiger partial charge in [0.05, 0.1) is 0 Å². The molecular weight excluding hydrogens is 208 g/mol. The van der Waals surface area contributed by atoms with Crippen LogP contribution < -0.4 is 5.11 Å². The average molecular weight is 223 g/mol. The van der Waals surface area contributed by atoms with Crippen molar-refractivity contribution in [2.75, 3.05) is 5.75 Å². The Morgan fingerprint density at radius 2 is 2.00 bits per heavy atom. The Morgan fingerprint density at radius 3 is 2.53 bits per heavy atom. The van der Waals surface area contributed by atoms with Crippen LogP contribution in [0.1, 0.15) is 18.4 Å². The zero-order chi connectivity index (χ0) is 11.1. The largest absolute Gasteiger partial charge is 0.550 e. The predicted molar refractivity (Wildman–Crippen MR) is 61.7 cm³/mol. The van der Waals surface area contributed by atoms with Gasteiger partial charge >= 0.3 is 0 Å². The quantitative estimate of drug-likeness (QED) is 0.739. The number of hydrogen-bond donors (Lipinski definition) is 1. The maximum absolute atomic E-state index is 10.6. The molecule has 1 rings (SSSR count). The first-order valence-electron chi connectivity index (χ1n) is 5.09. The molecule has 0 unspecified atom stereocenters. The first kappa shape index (κ1) is 12.1. The van der Waals surface area contributed by atoms with Gasteiger partial charge in [0.1, 0.15) is 0 Å². The van der Waals surface area contributed by atoms with E-state index in [9.17, 15) is 9.90 Å². The van der Waals surface area contributed by atoms with Crippen LogP contribution in [0.5, 0.6) is 0 Å². The Morgan fingerprint density at radius 1 is 1.33 bits per heavy atom. The summed E-state index contributed by atoms with van der Waals surface area (Å²) in [6.07, 6.45) is 2.42. The number of carbonyl (C=O) groups is 1. The highest BCUT2D eigenvalue weighted by atomic mass is 32.1. The summed E-state index contributed by atoms with van der Waals surface area (Å²) in [5.74, 6) is -1.05. The van der Waals surface area contributed by atoms with E-state index in [1.54, 1.807) is 0 Å². The van der Waals surface area contributed by atoms with Crippen LogP contribution in [-0.2, 0) is 11.2 Å². The molecule has 15 heavy (non-hydrogen) atoms. The number of thiol groups is 1. The van der Waals surface area contributed by atoms with Crippen LogP contribution in [0.4, 0.5) is 0 Å². The van der Waals surface area contributed by atoms with E-state index in [0.717, 1.165) is 12.8 Å². The first-order valence-corrected chi connectivity index (χ1v) is 5.73. The fourth-order valence-corrected chi connectivity index (χ4v) is 1.81. The number of benzene rings is 1. The van der Waals surface area contributed by atoms with Crippen molar-refractivity contribution in [3.05, 3.63) is 35.9 Å². The minimum absolute atomic E-state index is 0.358. The Labute approximate surface area is 95.7 Å². The molecule has 1 atom stereocenters. The fourth-order valence-electron chi connectivity index (χ4n) is 1.48. The van der Waals surface area contributed by atoms with Crippen LogP contribution in [0.3, 0.4) is 0 Å². The SMILES string of the molecule is O=C([O-])[C@@H](CS)CCCc1ccccc1. The Balaban J connectivity index is 2.30. The normalized spacial score (nSPS) is 12.3. The molecule has 0 aliphatic rings. The van der Waals surface area contributed by atoms with Crippen LogP contribution in [0.15, 0.2) is 30.3 Å². The van der Waals surface area contributed by atoms with Crippen LogP contribution in [0, 0.1) is 5.92 Å². The second-order valence-electron chi connectivity index (χ2n) is 3.58. The number of carboxylic acid groups (broad SMARTS) is 1. The maximum atomic E-state index is 10.6. The van der Waals surface area contributed by atoms with E-state index >= 15 is 0 Å². The van der Waals surface area contributed by atoms with Crippen LogP contribution >= 0.6 is 12.6 Å². The summed E-state index contributed by atoms with van der Waals surface area (Å²) in [6.45, 7) is 0. The zero-order valence-electron chi connectivity index (χ0n) is 8.56. The first-order chi connectivity index (χ1) is 7.24. The molecule has 0 aromatic heterocycles. The minimum atomic E-state index is -0.988. The summed E-state index contributed by atoms with van der Waals surface area (Å²) in [4.78, 5) is 10.6. The molecule has 0 saturated carbocycles. The Hall–Kier alpha value is -0.960. The van der Waals surface area contributed by atoms with Crippen molar-refractivity contribution in [1.29, 1.82) is 0 Å². The summed E-state index contributed by atoms with van der Waals surface area (Å²) in [5, 5.41) is 10.6. The number of rotatable bonds is 6. The Kier molecular flexibility index (Phi) is 5.26. The van der Waals surface area contributed by atoms with Gasteiger partial charge < -0.3 is 9.90 Å². The van der Waals surface area contributed by atoms with Gasteiger partial charge in [-0.3, -0.25) is 0 Å². The molecule has 0 bridgehead atoms. The van der Waals surface area contributed by atoms with E-state index in [2.05, 4.69) is 24.8 Å². The molecule has 0 spiro atoms. The standard InChI is InChI=1S/C12H16O2S/c13-12(14)11(9-15)8-4-7-10-5-2-1-3-6-10/h1-3,5-6,11,15H,4,7-9H2,(H,13,14)/p-1/t11-/m1/s1. The molecule has 2 nitrogen and oxygen atoms in total. The second-order valence-corrected chi connectivity index (χ2v) is 3.94. The number of aliphatic carboxylic acids is 1. The van der Waals surface area contributed by atoms with Gasteiger partial charge in [0, 0.05) is 11.9 Å². The molecule has 0 heterocycles. The van der Waals surface area contributed by atoms with E-state index in [1.165, 1.54) is 5.56 Å². The van der Waals surface area contributed by atoms with Gasteiger partial charge in [0.15, 0.2) is 0 Å². The second kappa shape index (κ2) is 6.51. The molecule has 1 aromatic carbocycles. The third-order valence-electron chi connectivity index (χ3n) is 2.41. The smallest absolute Gasteiger partial charge is 0.0453 e. The number of carboxylic acids is 1. The molecule has 0 N–H and O–H groups in total. The van der Waals surface area contributed by atoms with Crippen molar-refractivity contribution >= 4 is 18.6 Å². The molecular formula is C12H15O2S-. The van der Waals surface area contributed by atoms with Crippen molar-refractivity contribution in [2.45, 2.75) is 19.3 Å². The summed E-state index contributed by atoms with van der Waals surface area (Å²) in [6, 6.07) is 10.1. The number of carbonyl (C=O) groups excluding carboxylic acids is 1. The summed E-state index contributed by atoms with van der Waals surface area (Å²) >= 11 is 3.99. The van der Waals surface area contributed by atoms with Gasteiger partial charge in [0.25, 0.3) is 0 Å². The van der Waals surface area contributed by atoms with Gasteiger partial charge in [-0.05, 0) is 30.6 Å². The summed E-state index contributed by atoms with van der Waals surface area (Å²) < 4.78 is 0. The van der Waals surface area contributed by atoms with Crippen molar-refractivity contribution in [1.82, 2.24) is 0 Å². The average Bonchev–Trinajstić information content (AvgIpc) is 2.25. The summed E-state index contributed by atoms with van der Waals surface area (Å²) in [5.41, 5.74) is 1.24. The maximum Gasteiger partial charge on any atom is 0.0453 e. The highest BCUT2D eigenvalue weighted by Gasteiger charge is 2.06. The lowest BCUT2D eigenvalue weighted by molar-refractivity contribution is -0.310. The van der Waals surface area contributed by atoms with E-state index < -0.39 is 11.9 Å². The molecule has 0 aliphatic heterocycles. The highest BCUT2D eigenvalue weighted by molar-refractivity contribution is 7.80. The van der Waals surface area contributed by atoms with Gasteiger partial charge in [-0.25, -0.2) is 0 Å². The molecule has 0 amide bonds.